The van der Waals surface area contributed by atoms with Gasteiger partial charge in [-0.2, -0.15) is 0 Å². The number of nitrogens with zero attached hydrogens (tertiary/aromatic N) is 1. The summed E-state index contributed by atoms with van der Waals surface area (Å²) in [6, 6.07) is 3.46. The minimum absolute atomic E-state index is 0.239. The van der Waals surface area contributed by atoms with Gasteiger partial charge in [0, 0.05) is 11.8 Å². The molecule has 166 valence electrons. The van der Waals surface area contributed by atoms with Gasteiger partial charge in [-0.3, -0.25) is 14.6 Å². The van der Waals surface area contributed by atoms with Crippen LogP contribution in [-0.2, 0) is 20.6 Å². The quantitative estimate of drug-likeness (QED) is 0.231. The maximum atomic E-state index is 12.1. The van der Waals surface area contributed by atoms with Crippen molar-refractivity contribution in [3.8, 4) is 0 Å². The van der Waals surface area contributed by atoms with Gasteiger partial charge >= 0.3 is 48.5 Å². The molecule has 1 aromatic heterocycles. The predicted octanol–water partition coefficient (Wildman–Crippen LogP) is 4.82. The first kappa shape index (κ1) is 29.1. The molecule has 1 heterocycles. The fourth-order valence-corrected chi connectivity index (χ4v) is 3.40. The molecule has 0 unspecified atom stereocenters. The van der Waals surface area contributed by atoms with Crippen molar-refractivity contribution < 1.29 is 18.8 Å². The van der Waals surface area contributed by atoms with Gasteiger partial charge in [-0.15, -0.1) is 0 Å². The first-order valence-electron chi connectivity index (χ1n) is 11.1. The third kappa shape index (κ3) is 13.4. The number of esters is 1. The van der Waals surface area contributed by atoms with Crippen molar-refractivity contribution in [2.24, 2.45) is 5.92 Å². The molecule has 0 saturated heterocycles. The SMILES string of the molecule is CC(C)C(C)(C)[SiH2]OCc1ccc(C(=O)CC(=O)OC(C)(C)C)cn1.[Li][CH2]CCC. The molecule has 0 aliphatic heterocycles. The van der Waals surface area contributed by atoms with E-state index in [0.29, 0.717) is 18.1 Å². The number of carbonyl (C=O) groups is 2. The summed E-state index contributed by atoms with van der Waals surface area (Å²) in [5, 5.41) is 1.58. The standard InChI is InChI=1S/C19H31NO4Si.C4H9.Li/c1-13(2)19(6,7)25-23-12-15-9-8-14(11-20-15)16(21)10-17(22)24-18(3,4)5;1-3-4-2;/h8-9,11,13H,10,12,25H2,1-7H3;1,3-4H2,2H3;. The van der Waals surface area contributed by atoms with Crippen LogP contribution in [0.1, 0.15) is 90.7 Å². The van der Waals surface area contributed by atoms with Crippen molar-refractivity contribution in [2.75, 3.05) is 0 Å². The zero-order chi connectivity index (χ0) is 23.4. The van der Waals surface area contributed by atoms with E-state index in [1.807, 2.05) is 0 Å². The van der Waals surface area contributed by atoms with Crippen LogP contribution in [0.25, 0.3) is 0 Å². The summed E-state index contributed by atoms with van der Waals surface area (Å²) in [5.41, 5.74) is 0.611. The van der Waals surface area contributed by atoms with Crippen molar-refractivity contribution >= 4 is 39.2 Å². The van der Waals surface area contributed by atoms with Gasteiger partial charge in [-0.25, -0.2) is 0 Å². The Morgan fingerprint density at radius 3 is 2.20 bits per heavy atom. The molecule has 0 amide bonds. The van der Waals surface area contributed by atoms with Gasteiger partial charge in [0.25, 0.3) is 0 Å². The van der Waals surface area contributed by atoms with E-state index in [-0.39, 0.29) is 17.2 Å². The molecule has 1 aromatic rings. The topological polar surface area (TPSA) is 65.5 Å². The number of ketones is 1. The van der Waals surface area contributed by atoms with E-state index in [2.05, 4.69) is 57.3 Å². The molecule has 0 aliphatic carbocycles. The number of Topliss-reactive ketones (excluding diaryl/α,β-unsaturated/α-hetero) is 1. The minimum atomic E-state index is -0.677. The summed E-state index contributed by atoms with van der Waals surface area (Å²) in [6.45, 7) is 16.9. The molecular formula is C23H40LiNO4Si. The predicted molar refractivity (Wildman–Crippen MR) is 127 cm³/mol. The molecule has 0 saturated carbocycles. The van der Waals surface area contributed by atoms with E-state index in [4.69, 9.17) is 9.16 Å². The fraction of sp³-hybridized carbons (Fsp3) is 0.696. The Morgan fingerprint density at radius 1 is 1.17 bits per heavy atom. The summed E-state index contributed by atoms with van der Waals surface area (Å²) in [6.07, 6.45) is 3.96. The summed E-state index contributed by atoms with van der Waals surface area (Å²) in [7, 11) is -0.677. The molecule has 5 nitrogen and oxygen atoms in total. The number of hydrogen-bond donors (Lipinski definition) is 0. The first-order chi connectivity index (χ1) is 13.8. The van der Waals surface area contributed by atoms with E-state index < -0.39 is 21.3 Å². The van der Waals surface area contributed by atoms with Gasteiger partial charge in [-0.05, 0) is 43.9 Å². The zero-order valence-corrected chi connectivity index (χ0v) is 22.0. The maximum absolute atomic E-state index is 12.1. The second kappa shape index (κ2) is 14.2. The number of carbonyl (C=O) groups excluding carboxylic acids is 2. The summed E-state index contributed by atoms with van der Waals surface area (Å²) in [5.74, 6) is -0.226. The molecule has 1 rings (SSSR count). The number of unbranched alkanes of at least 4 members (excludes halogenated alkanes) is 1. The number of hydrogen-bond acceptors (Lipinski definition) is 5. The zero-order valence-electron chi connectivity index (χ0n) is 20.6. The Hall–Kier alpha value is -0.936. The fourth-order valence-electron chi connectivity index (χ4n) is 2.22. The Balaban J connectivity index is 0.00000150. The van der Waals surface area contributed by atoms with Gasteiger partial charge in [0.15, 0.2) is 15.5 Å². The van der Waals surface area contributed by atoms with Crippen molar-refractivity contribution in [2.45, 2.75) is 97.0 Å². The molecule has 0 bridgehead atoms. The van der Waals surface area contributed by atoms with Crippen LogP contribution in [0, 0.1) is 5.92 Å². The number of pyridine rings is 1. The molecule has 30 heavy (non-hydrogen) atoms. The molecule has 0 atom stereocenters. The van der Waals surface area contributed by atoms with Crippen LogP contribution in [0.2, 0.25) is 10.1 Å². The van der Waals surface area contributed by atoms with Gasteiger partial charge in [0.1, 0.15) is 12.0 Å². The molecule has 0 fully saturated rings. The van der Waals surface area contributed by atoms with Crippen LogP contribution in [0.3, 0.4) is 0 Å². The number of ether oxygens (including phenoxy) is 1. The number of rotatable bonds is 10. The van der Waals surface area contributed by atoms with Crippen LogP contribution in [-0.4, -0.2) is 49.8 Å². The van der Waals surface area contributed by atoms with Crippen LogP contribution in [0.4, 0.5) is 0 Å². The van der Waals surface area contributed by atoms with Gasteiger partial charge < -0.3 is 9.16 Å². The average Bonchev–Trinajstić information content (AvgIpc) is 2.61. The number of aromatic nitrogens is 1. The molecule has 7 heteroatoms. The summed E-state index contributed by atoms with van der Waals surface area (Å²) < 4.78 is 11.0. The van der Waals surface area contributed by atoms with Crippen molar-refractivity contribution in [1.29, 1.82) is 0 Å². The third-order valence-electron chi connectivity index (χ3n) is 4.87. The van der Waals surface area contributed by atoms with Crippen molar-refractivity contribution in [3.63, 3.8) is 0 Å². The molecule has 0 aliphatic rings. The van der Waals surface area contributed by atoms with Crippen LogP contribution in [0.5, 0.6) is 0 Å². The third-order valence-corrected chi connectivity index (χ3v) is 6.83. The van der Waals surface area contributed by atoms with E-state index in [9.17, 15) is 9.59 Å². The van der Waals surface area contributed by atoms with Crippen molar-refractivity contribution in [3.05, 3.63) is 29.6 Å². The van der Waals surface area contributed by atoms with Crippen LogP contribution in [0.15, 0.2) is 18.3 Å². The molecule has 0 N–H and O–H groups in total. The van der Waals surface area contributed by atoms with E-state index >= 15 is 0 Å². The molecular weight excluding hydrogens is 389 g/mol. The van der Waals surface area contributed by atoms with E-state index in [0.717, 1.165) is 5.69 Å². The van der Waals surface area contributed by atoms with E-state index in [1.165, 1.54) is 24.1 Å². The van der Waals surface area contributed by atoms with E-state index in [1.54, 1.807) is 32.9 Å². The Morgan fingerprint density at radius 2 is 1.80 bits per heavy atom. The average molecular weight is 430 g/mol. The van der Waals surface area contributed by atoms with Gasteiger partial charge in [0.2, 0.25) is 0 Å². The normalized spacial score (nSPS) is 12.1. The summed E-state index contributed by atoms with van der Waals surface area (Å²) in [4.78, 5) is 28.1. The molecule has 0 spiro atoms. The second-order valence-corrected chi connectivity index (χ2v) is 12.2. The van der Waals surface area contributed by atoms with Crippen LogP contribution < -0.4 is 0 Å². The van der Waals surface area contributed by atoms with Gasteiger partial charge in [-0.1, -0.05) is 27.7 Å². The Kier molecular flexibility index (Phi) is 13.7. The Bertz CT molecular complexity index is 638. The monoisotopic (exact) mass is 429 g/mol. The second-order valence-electron chi connectivity index (χ2n) is 9.71. The van der Waals surface area contributed by atoms with Gasteiger partial charge in [0.05, 0.1) is 12.3 Å². The van der Waals surface area contributed by atoms with Crippen molar-refractivity contribution in [1.82, 2.24) is 4.98 Å². The Labute approximate surface area is 195 Å². The summed E-state index contributed by atoms with van der Waals surface area (Å²) >= 11 is 2.21. The first-order valence-corrected chi connectivity index (χ1v) is 12.4. The molecule has 0 radical (unpaired) electrons. The van der Waals surface area contributed by atoms with Crippen LogP contribution >= 0.6 is 0 Å². The molecule has 0 aromatic carbocycles.